The second-order valence-corrected chi connectivity index (χ2v) is 5.37. The molecule has 0 spiro atoms. The Morgan fingerprint density at radius 3 is 2.79 bits per heavy atom. The van der Waals surface area contributed by atoms with Gasteiger partial charge in [0.2, 0.25) is 0 Å². The number of aromatic amines is 1. The van der Waals surface area contributed by atoms with E-state index in [0.29, 0.717) is 22.5 Å². The lowest BCUT2D eigenvalue weighted by Gasteiger charge is -2.07. The number of hydrogen-bond acceptors (Lipinski definition) is 4. The highest BCUT2D eigenvalue weighted by atomic mass is 16.4. The van der Waals surface area contributed by atoms with E-state index in [9.17, 15) is 4.79 Å². The fourth-order valence-corrected chi connectivity index (χ4v) is 2.62. The molecule has 0 unspecified atom stereocenters. The summed E-state index contributed by atoms with van der Waals surface area (Å²) in [4.78, 5) is 22.7. The van der Waals surface area contributed by atoms with Gasteiger partial charge < -0.3 is 20.4 Å². The number of nitrogen functional groups attached to an aromatic ring is 1. The van der Waals surface area contributed by atoms with Crippen LogP contribution in [0.4, 0.5) is 5.69 Å². The Morgan fingerprint density at radius 2 is 2.08 bits per heavy atom. The maximum absolute atomic E-state index is 11.1. The van der Waals surface area contributed by atoms with Crippen LogP contribution in [-0.2, 0) is 0 Å². The van der Waals surface area contributed by atoms with Gasteiger partial charge in [-0.3, -0.25) is 0 Å². The molecule has 0 aliphatic carbocycles. The highest BCUT2D eigenvalue weighted by Gasteiger charge is 2.10. The molecule has 2 aromatic heterocycles. The Labute approximate surface area is 136 Å². The lowest BCUT2D eigenvalue weighted by atomic mass is 10.1. The molecule has 7 heteroatoms. The van der Waals surface area contributed by atoms with Crippen molar-refractivity contribution in [3.63, 3.8) is 0 Å². The van der Waals surface area contributed by atoms with Gasteiger partial charge >= 0.3 is 5.97 Å². The maximum Gasteiger partial charge on any atom is 0.335 e. The molecule has 4 rings (SSSR count). The predicted octanol–water partition coefficient (Wildman–Crippen LogP) is 2.70. The number of aromatic nitrogens is 4. The maximum atomic E-state index is 11.1. The number of imidazole rings is 2. The number of fused-ring (bicyclic) bond motifs is 1. The minimum Gasteiger partial charge on any atom is -0.478 e. The molecule has 2 heterocycles. The molecule has 0 bridgehead atoms. The summed E-state index contributed by atoms with van der Waals surface area (Å²) in [7, 11) is 0. The zero-order chi connectivity index (χ0) is 16.7. The Kier molecular flexibility index (Phi) is 3.06. The van der Waals surface area contributed by atoms with E-state index in [1.165, 1.54) is 6.07 Å². The fourth-order valence-electron chi connectivity index (χ4n) is 2.62. The number of hydrogen-bond donors (Lipinski definition) is 3. The second-order valence-electron chi connectivity index (χ2n) is 5.37. The van der Waals surface area contributed by atoms with Crippen molar-refractivity contribution in [2.75, 3.05) is 5.73 Å². The number of nitrogens with two attached hydrogens (primary N) is 1. The monoisotopic (exact) mass is 319 g/mol. The minimum atomic E-state index is -0.970. The summed E-state index contributed by atoms with van der Waals surface area (Å²) in [5.74, 6) is -0.335. The summed E-state index contributed by atoms with van der Waals surface area (Å²) < 4.78 is 1.83. The van der Waals surface area contributed by atoms with Gasteiger partial charge in [-0.05, 0) is 36.4 Å². The summed E-state index contributed by atoms with van der Waals surface area (Å²) in [6.07, 6.45) is 5.19. The van der Waals surface area contributed by atoms with Crippen molar-refractivity contribution in [2.24, 2.45) is 0 Å². The van der Waals surface area contributed by atoms with Gasteiger partial charge in [0.1, 0.15) is 5.82 Å². The third-order valence-electron chi connectivity index (χ3n) is 3.81. The van der Waals surface area contributed by atoms with Gasteiger partial charge in [0, 0.05) is 18.0 Å². The third-order valence-corrected chi connectivity index (χ3v) is 3.81. The van der Waals surface area contributed by atoms with E-state index in [0.717, 1.165) is 11.3 Å². The molecule has 4 aromatic rings. The number of nitrogens with one attached hydrogen (secondary N) is 1. The Bertz CT molecular complexity index is 1050. The first-order valence-corrected chi connectivity index (χ1v) is 7.23. The quantitative estimate of drug-likeness (QED) is 0.503. The van der Waals surface area contributed by atoms with Crippen LogP contribution in [0.15, 0.2) is 55.1 Å². The van der Waals surface area contributed by atoms with Crippen LogP contribution in [0.5, 0.6) is 0 Å². The van der Waals surface area contributed by atoms with Gasteiger partial charge in [-0.15, -0.1) is 0 Å². The largest absolute Gasteiger partial charge is 0.478 e. The lowest BCUT2D eigenvalue weighted by Crippen LogP contribution is -1.98. The van der Waals surface area contributed by atoms with E-state index in [1.807, 2.05) is 29.0 Å². The van der Waals surface area contributed by atoms with Crippen molar-refractivity contribution in [2.45, 2.75) is 0 Å². The van der Waals surface area contributed by atoms with Crippen LogP contribution < -0.4 is 5.73 Å². The number of anilines is 1. The highest BCUT2D eigenvalue weighted by molar-refractivity contribution is 5.93. The van der Waals surface area contributed by atoms with Crippen molar-refractivity contribution in [3.05, 3.63) is 60.7 Å². The first-order chi connectivity index (χ1) is 11.6. The average Bonchev–Trinajstić information content (AvgIpc) is 3.23. The average molecular weight is 319 g/mol. The molecule has 0 fully saturated rings. The number of nitrogens with zero attached hydrogens (tertiary/aromatic N) is 3. The SMILES string of the molecule is Nc1cc(-c2nc3ccc(C(=O)O)cc3[nH]2)ccc1-n1ccnc1. The molecule has 0 saturated carbocycles. The number of aromatic carboxylic acids is 1. The predicted molar refractivity (Wildman–Crippen MR) is 90.0 cm³/mol. The molecular formula is C17H13N5O2. The van der Waals surface area contributed by atoms with E-state index in [4.69, 9.17) is 10.8 Å². The van der Waals surface area contributed by atoms with Crippen molar-refractivity contribution < 1.29 is 9.90 Å². The highest BCUT2D eigenvalue weighted by Crippen LogP contribution is 2.26. The molecule has 2 aromatic carbocycles. The smallest absolute Gasteiger partial charge is 0.335 e. The van der Waals surface area contributed by atoms with Crippen molar-refractivity contribution in [1.82, 2.24) is 19.5 Å². The molecule has 0 aliphatic rings. The van der Waals surface area contributed by atoms with Gasteiger partial charge in [0.15, 0.2) is 0 Å². The van der Waals surface area contributed by atoms with Gasteiger partial charge in [-0.1, -0.05) is 0 Å². The Hall–Kier alpha value is -3.61. The fraction of sp³-hybridized carbons (Fsp3) is 0. The molecular weight excluding hydrogens is 306 g/mol. The van der Waals surface area contributed by atoms with Crippen LogP contribution >= 0.6 is 0 Å². The molecule has 0 aliphatic heterocycles. The summed E-state index contributed by atoms with van der Waals surface area (Å²) in [5.41, 5.74) is 9.98. The number of rotatable bonds is 3. The first-order valence-electron chi connectivity index (χ1n) is 7.23. The zero-order valence-electron chi connectivity index (χ0n) is 12.5. The van der Waals surface area contributed by atoms with E-state index in [2.05, 4.69) is 15.0 Å². The van der Waals surface area contributed by atoms with E-state index >= 15 is 0 Å². The molecule has 0 atom stereocenters. The Balaban J connectivity index is 1.77. The number of carboxylic acids is 1. The van der Waals surface area contributed by atoms with Crippen LogP contribution in [0.2, 0.25) is 0 Å². The minimum absolute atomic E-state index is 0.215. The van der Waals surface area contributed by atoms with Crippen molar-refractivity contribution in [1.29, 1.82) is 0 Å². The molecule has 0 saturated heterocycles. The molecule has 24 heavy (non-hydrogen) atoms. The molecule has 4 N–H and O–H groups in total. The number of benzene rings is 2. The molecule has 0 amide bonds. The Morgan fingerprint density at radius 1 is 1.21 bits per heavy atom. The summed E-state index contributed by atoms with van der Waals surface area (Å²) >= 11 is 0. The summed E-state index contributed by atoms with van der Waals surface area (Å²) in [6, 6.07) is 10.4. The van der Waals surface area contributed by atoms with Crippen LogP contribution in [0.1, 0.15) is 10.4 Å². The van der Waals surface area contributed by atoms with E-state index in [-0.39, 0.29) is 5.56 Å². The topological polar surface area (TPSA) is 110 Å². The van der Waals surface area contributed by atoms with Crippen molar-refractivity contribution in [3.8, 4) is 17.1 Å². The van der Waals surface area contributed by atoms with Gasteiger partial charge in [-0.2, -0.15) is 0 Å². The normalized spacial score (nSPS) is 11.0. The summed E-state index contributed by atoms with van der Waals surface area (Å²) in [6.45, 7) is 0. The van der Waals surface area contributed by atoms with Crippen LogP contribution in [0, 0.1) is 0 Å². The second kappa shape index (κ2) is 5.24. The molecule has 7 nitrogen and oxygen atoms in total. The van der Waals surface area contributed by atoms with Crippen LogP contribution in [0.25, 0.3) is 28.1 Å². The van der Waals surface area contributed by atoms with E-state index < -0.39 is 5.97 Å². The number of H-pyrrole nitrogens is 1. The van der Waals surface area contributed by atoms with Crippen molar-refractivity contribution >= 4 is 22.7 Å². The number of carboxylic acid groups (broad SMARTS) is 1. The van der Waals surface area contributed by atoms with Crippen LogP contribution in [-0.4, -0.2) is 30.6 Å². The standard InChI is InChI=1S/C17H13N5O2/c18-12-7-10(2-4-15(12)22-6-5-19-9-22)16-20-13-3-1-11(17(23)24)8-14(13)21-16/h1-9H,18H2,(H,20,21)(H,23,24). The molecule has 118 valence electrons. The van der Waals surface area contributed by atoms with Gasteiger partial charge in [-0.25, -0.2) is 14.8 Å². The zero-order valence-corrected chi connectivity index (χ0v) is 12.5. The third kappa shape index (κ3) is 2.28. The molecule has 0 radical (unpaired) electrons. The lowest BCUT2D eigenvalue weighted by molar-refractivity contribution is 0.0697. The number of carbonyl (C=O) groups is 1. The van der Waals surface area contributed by atoms with E-state index in [1.54, 1.807) is 24.7 Å². The van der Waals surface area contributed by atoms with Gasteiger partial charge in [0.05, 0.1) is 34.3 Å². The van der Waals surface area contributed by atoms with Crippen LogP contribution in [0.3, 0.4) is 0 Å². The van der Waals surface area contributed by atoms with Gasteiger partial charge in [0.25, 0.3) is 0 Å². The first kappa shape index (κ1) is 14.0. The summed E-state index contributed by atoms with van der Waals surface area (Å²) in [5, 5.41) is 9.07.